The normalized spacial score (nSPS) is 16.8. The summed E-state index contributed by atoms with van der Waals surface area (Å²) in [6, 6.07) is 0.419. The Morgan fingerprint density at radius 3 is 2.76 bits per heavy atom. The SMILES string of the molecule is C=C/C=C(Cl)\C(=C/C)NC(=O)c1cnn(C2CCCCC2)c1CCC. The van der Waals surface area contributed by atoms with Gasteiger partial charge in [-0.15, -0.1) is 0 Å². The van der Waals surface area contributed by atoms with Crippen LogP contribution in [0.4, 0.5) is 0 Å². The van der Waals surface area contributed by atoms with Gasteiger partial charge in [0.05, 0.1) is 34.2 Å². The van der Waals surface area contributed by atoms with Gasteiger partial charge in [0, 0.05) is 0 Å². The van der Waals surface area contributed by atoms with Gasteiger partial charge < -0.3 is 5.32 Å². The van der Waals surface area contributed by atoms with Crippen molar-refractivity contribution in [3.63, 3.8) is 0 Å². The van der Waals surface area contributed by atoms with E-state index in [4.69, 9.17) is 11.6 Å². The highest BCUT2D eigenvalue weighted by molar-refractivity contribution is 6.32. The van der Waals surface area contributed by atoms with E-state index >= 15 is 0 Å². The van der Waals surface area contributed by atoms with Crippen LogP contribution in [0.5, 0.6) is 0 Å². The Morgan fingerprint density at radius 1 is 1.44 bits per heavy atom. The monoisotopic (exact) mass is 361 g/mol. The molecule has 0 aliphatic heterocycles. The first kappa shape index (κ1) is 19.5. The van der Waals surface area contributed by atoms with Crippen LogP contribution in [0.25, 0.3) is 0 Å². The van der Waals surface area contributed by atoms with Crippen molar-refractivity contribution < 1.29 is 4.79 Å². The average Bonchev–Trinajstić information content (AvgIpc) is 3.04. The fourth-order valence-corrected chi connectivity index (χ4v) is 3.60. The summed E-state index contributed by atoms with van der Waals surface area (Å²) in [5.41, 5.74) is 2.26. The Hall–Kier alpha value is -1.81. The third-order valence-electron chi connectivity index (χ3n) is 4.61. The van der Waals surface area contributed by atoms with E-state index in [9.17, 15) is 4.79 Å². The van der Waals surface area contributed by atoms with Crippen LogP contribution in [0.1, 0.15) is 74.5 Å². The van der Waals surface area contributed by atoms with E-state index in [1.54, 1.807) is 24.4 Å². The maximum absolute atomic E-state index is 12.8. The van der Waals surface area contributed by atoms with Gasteiger partial charge in [-0.1, -0.05) is 62.9 Å². The van der Waals surface area contributed by atoms with Gasteiger partial charge in [0.2, 0.25) is 0 Å². The molecule has 1 aliphatic carbocycles. The van der Waals surface area contributed by atoms with Crippen molar-refractivity contribution in [1.29, 1.82) is 0 Å². The van der Waals surface area contributed by atoms with Crippen LogP contribution in [-0.2, 0) is 6.42 Å². The van der Waals surface area contributed by atoms with Gasteiger partial charge in [0.25, 0.3) is 5.91 Å². The fourth-order valence-electron chi connectivity index (χ4n) is 3.36. The highest BCUT2D eigenvalue weighted by Gasteiger charge is 2.23. The molecule has 1 N–H and O–H groups in total. The number of halogens is 1. The van der Waals surface area contributed by atoms with Crippen LogP contribution in [0.15, 0.2) is 41.7 Å². The zero-order valence-electron chi connectivity index (χ0n) is 15.2. The molecule has 0 radical (unpaired) electrons. The molecule has 1 aromatic heterocycles. The molecule has 1 aromatic rings. The molecule has 0 bridgehead atoms. The van der Waals surface area contributed by atoms with E-state index in [0.717, 1.165) is 31.4 Å². The van der Waals surface area contributed by atoms with E-state index in [0.29, 0.717) is 22.3 Å². The predicted molar refractivity (Wildman–Crippen MR) is 104 cm³/mol. The third kappa shape index (κ3) is 4.85. The lowest BCUT2D eigenvalue weighted by atomic mass is 9.95. The number of carbonyl (C=O) groups is 1. The molecule has 0 saturated heterocycles. The van der Waals surface area contributed by atoms with Crippen LogP contribution >= 0.6 is 11.6 Å². The minimum atomic E-state index is -0.158. The quantitative estimate of drug-likeness (QED) is 0.671. The molecule has 2 rings (SSSR count). The number of nitrogens with zero attached hydrogens (tertiary/aromatic N) is 2. The topological polar surface area (TPSA) is 46.9 Å². The fraction of sp³-hybridized carbons (Fsp3) is 0.500. The number of rotatable bonds is 7. The minimum absolute atomic E-state index is 0.158. The molecule has 0 spiro atoms. The number of hydrogen-bond donors (Lipinski definition) is 1. The standard InChI is InChI=1S/C20H28ClN3O/c1-4-10-17(21)18(6-3)23-20(25)16-14-22-24(19(16)11-5-2)15-12-8-7-9-13-15/h4,6,10,14-15H,1,5,7-9,11-13H2,2-3H3,(H,23,25)/b17-10+,18-6+. The second-order valence-corrected chi connectivity index (χ2v) is 6.81. The smallest absolute Gasteiger partial charge is 0.259 e. The number of aromatic nitrogens is 2. The van der Waals surface area contributed by atoms with Crippen molar-refractivity contribution in [3.05, 3.63) is 53.0 Å². The van der Waals surface area contributed by atoms with Gasteiger partial charge in [-0.2, -0.15) is 5.10 Å². The zero-order valence-corrected chi connectivity index (χ0v) is 16.0. The predicted octanol–water partition coefficient (Wildman–Crippen LogP) is 5.28. The molecule has 0 unspecified atom stereocenters. The lowest BCUT2D eigenvalue weighted by Crippen LogP contribution is -2.25. The van der Waals surface area contributed by atoms with E-state index < -0.39 is 0 Å². The van der Waals surface area contributed by atoms with E-state index in [1.165, 1.54) is 19.3 Å². The van der Waals surface area contributed by atoms with Gasteiger partial charge in [0.15, 0.2) is 0 Å². The van der Waals surface area contributed by atoms with Gasteiger partial charge >= 0.3 is 0 Å². The Balaban J connectivity index is 2.25. The number of carbonyl (C=O) groups excluding carboxylic acids is 1. The molecule has 1 saturated carbocycles. The molecule has 25 heavy (non-hydrogen) atoms. The molecule has 136 valence electrons. The highest BCUT2D eigenvalue weighted by atomic mass is 35.5. The second-order valence-electron chi connectivity index (χ2n) is 6.40. The summed E-state index contributed by atoms with van der Waals surface area (Å²) in [6.45, 7) is 7.60. The zero-order chi connectivity index (χ0) is 18.2. The molecule has 5 heteroatoms. The van der Waals surface area contributed by atoms with Crippen molar-refractivity contribution in [2.75, 3.05) is 0 Å². The van der Waals surface area contributed by atoms with Gasteiger partial charge in [-0.05, 0) is 32.3 Å². The third-order valence-corrected chi connectivity index (χ3v) is 4.94. The Morgan fingerprint density at radius 2 is 2.16 bits per heavy atom. The first-order valence-corrected chi connectivity index (χ1v) is 9.52. The van der Waals surface area contributed by atoms with Crippen LogP contribution in [0.3, 0.4) is 0 Å². The highest BCUT2D eigenvalue weighted by Crippen LogP contribution is 2.30. The van der Waals surface area contributed by atoms with Crippen LogP contribution in [-0.4, -0.2) is 15.7 Å². The number of allylic oxidation sites excluding steroid dienone is 4. The number of amides is 1. The molecule has 1 amide bonds. The number of hydrogen-bond acceptors (Lipinski definition) is 2. The van der Waals surface area contributed by atoms with Crippen molar-refractivity contribution in [1.82, 2.24) is 15.1 Å². The Bertz CT molecular complexity index is 666. The molecule has 0 aromatic carbocycles. The summed E-state index contributed by atoms with van der Waals surface area (Å²) in [7, 11) is 0. The van der Waals surface area contributed by atoms with E-state index in [1.807, 2.05) is 6.92 Å². The molecule has 1 fully saturated rings. The first-order chi connectivity index (χ1) is 12.1. The van der Waals surface area contributed by atoms with Crippen molar-refractivity contribution in [2.45, 2.75) is 64.8 Å². The van der Waals surface area contributed by atoms with Crippen molar-refractivity contribution >= 4 is 17.5 Å². The molecule has 1 aliphatic rings. The summed E-state index contributed by atoms with van der Waals surface area (Å²) in [5.74, 6) is -0.158. The average molecular weight is 362 g/mol. The molecular weight excluding hydrogens is 334 g/mol. The van der Waals surface area contributed by atoms with Crippen LogP contribution in [0, 0.1) is 0 Å². The lowest BCUT2D eigenvalue weighted by Gasteiger charge is -2.24. The van der Waals surface area contributed by atoms with Gasteiger partial charge in [0.1, 0.15) is 0 Å². The van der Waals surface area contributed by atoms with Gasteiger partial charge in [-0.3, -0.25) is 9.48 Å². The van der Waals surface area contributed by atoms with Crippen molar-refractivity contribution in [3.8, 4) is 0 Å². The van der Waals surface area contributed by atoms with Crippen LogP contribution < -0.4 is 5.32 Å². The Labute approximate surface area is 155 Å². The van der Waals surface area contributed by atoms with E-state index in [2.05, 4.69) is 28.6 Å². The minimum Gasteiger partial charge on any atom is -0.321 e. The maximum atomic E-state index is 12.8. The summed E-state index contributed by atoms with van der Waals surface area (Å²) >= 11 is 6.19. The second kappa shape index (κ2) is 9.62. The summed E-state index contributed by atoms with van der Waals surface area (Å²) in [6.07, 6.45) is 14.6. The van der Waals surface area contributed by atoms with E-state index in [-0.39, 0.29) is 5.91 Å². The summed E-state index contributed by atoms with van der Waals surface area (Å²) < 4.78 is 2.09. The first-order valence-electron chi connectivity index (χ1n) is 9.15. The van der Waals surface area contributed by atoms with Crippen molar-refractivity contribution in [2.24, 2.45) is 0 Å². The number of nitrogens with one attached hydrogen (secondary N) is 1. The summed E-state index contributed by atoms with van der Waals surface area (Å²) in [5, 5.41) is 7.93. The molecule has 1 heterocycles. The largest absolute Gasteiger partial charge is 0.321 e. The lowest BCUT2D eigenvalue weighted by molar-refractivity contribution is 0.0965. The Kier molecular flexibility index (Phi) is 7.51. The maximum Gasteiger partial charge on any atom is 0.259 e. The van der Waals surface area contributed by atoms with Crippen LogP contribution in [0.2, 0.25) is 0 Å². The molecule has 4 nitrogen and oxygen atoms in total. The molecule has 0 atom stereocenters. The molecular formula is C20H28ClN3O. The van der Waals surface area contributed by atoms with Gasteiger partial charge in [-0.25, -0.2) is 0 Å². The summed E-state index contributed by atoms with van der Waals surface area (Å²) in [4.78, 5) is 12.8.